The van der Waals surface area contributed by atoms with Crippen LogP contribution in [0.5, 0.6) is 0 Å². The predicted octanol–water partition coefficient (Wildman–Crippen LogP) is 2.04. The van der Waals surface area contributed by atoms with Gasteiger partial charge in [-0.3, -0.25) is 9.59 Å². The highest BCUT2D eigenvalue weighted by Crippen LogP contribution is 2.51. The van der Waals surface area contributed by atoms with Gasteiger partial charge in [0.05, 0.1) is 11.8 Å². The van der Waals surface area contributed by atoms with Gasteiger partial charge in [0.2, 0.25) is 5.91 Å². The van der Waals surface area contributed by atoms with Gasteiger partial charge in [-0.1, -0.05) is 26.7 Å². The van der Waals surface area contributed by atoms with Gasteiger partial charge in [-0.05, 0) is 30.6 Å². The molecule has 2 rings (SSSR count). The summed E-state index contributed by atoms with van der Waals surface area (Å²) in [4.78, 5) is 23.2. The van der Waals surface area contributed by atoms with Gasteiger partial charge >= 0.3 is 5.97 Å². The van der Waals surface area contributed by atoms with Gasteiger partial charge in [-0.15, -0.1) is 0 Å². The molecule has 0 bridgehead atoms. The number of carboxylic acid groups (broad SMARTS) is 1. The predicted molar refractivity (Wildman–Crippen MR) is 68.0 cm³/mol. The van der Waals surface area contributed by atoms with Crippen LogP contribution in [0.15, 0.2) is 0 Å². The van der Waals surface area contributed by atoms with E-state index in [9.17, 15) is 9.59 Å². The zero-order valence-corrected chi connectivity index (χ0v) is 11.2. The van der Waals surface area contributed by atoms with E-state index >= 15 is 0 Å². The minimum absolute atomic E-state index is 0.0511. The lowest BCUT2D eigenvalue weighted by Gasteiger charge is -2.27. The molecule has 0 aromatic rings. The summed E-state index contributed by atoms with van der Waals surface area (Å²) in [7, 11) is 0. The van der Waals surface area contributed by atoms with E-state index in [0.29, 0.717) is 24.3 Å². The topological polar surface area (TPSA) is 66.4 Å². The molecule has 3 unspecified atom stereocenters. The summed E-state index contributed by atoms with van der Waals surface area (Å²) in [6, 6.07) is 0. The molecular formula is C14H23NO3. The van der Waals surface area contributed by atoms with Crippen molar-refractivity contribution in [1.82, 2.24) is 5.32 Å². The molecule has 1 amide bonds. The largest absolute Gasteiger partial charge is 0.481 e. The minimum atomic E-state index is -0.818. The van der Waals surface area contributed by atoms with E-state index in [1.54, 1.807) is 0 Å². The summed E-state index contributed by atoms with van der Waals surface area (Å²) in [5.41, 5.74) is 0.353. The van der Waals surface area contributed by atoms with Crippen LogP contribution < -0.4 is 5.32 Å². The van der Waals surface area contributed by atoms with Crippen molar-refractivity contribution in [3.05, 3.63) is 0 Å². The molecule has 2 saturated carbocycles. The molecule has 0 aliphatic heterocycles. The van der Waals surface area contributed by atoms with Crippen LogP contribution in [0.4, 0.5) is 0 Å². The van der Waals surface area contributed by atoms with Crippen LogP contribution >= 0.6 is 0 Å². The van der Waals surface area contributed by atoms with E-state index in [4.69, 9.17) is 5.11 Å². The van der Waals surface area contributed by atoms with Gasteiger partial charge in [-0.2, -0.15) is 0 Å². The number of hydrogen-bond acceptors (Lipinski definition) is 2. The lowest BCUT2D eigenvalue weighted by Crippen LogP contribution is -2.40. The second-order valence-corrected chi connectivity index (χ2v) is 6.47. The van der Waals surface area contributed by atoms with E-state index < -0.39 is 11.9 Å². The average molecular weight is 253 g/mol. The Morgan fingerprint density at radius 2 is 1.78 bits per heavy atom. The third kappa shape index (κ3) is 2.85. The van der Waals surface area contributed by atoms with Gasteiger partial charge in [-0.25, -0.2) is 0 Å². The number of rotatable bonds is 4. The molecule has 0 spiro atoms. The van der Waals surface area contributed by atoms with Crippen LogP contribution in [0.25, 0.3) is 0 Å². The van der Waals surface area contributed by atoms with Crippen LogP contribution in [0, 0.1) is 23.2 Å². The molecule has 4 heteroatoms. The lowest BCUT2D eigenvalue weighted by atomic mass is 9.78. The number of carbonyl (C=O) groups is 2. The first kappa shape index (κ1) is 13.4. The van der Waals surface area contributed by atoms with Crippen molar-refractivity contribution in [2.24, 2.45) is 23.2 Å². The standard InChI is InChI=1S/C14H23NO3/c1-14(2)7-9(14)8-15-12(16)10-5-3-4-6-11(10)13(17)18/h9-11H,3-8H2,1-2H3,(H,15,16)(H,17,18). The lowest BCUT2D eigenvalue weighted by molar-refractivity contribution is -0.148. The molecule has 2 aliphatic rings. The number of amides is 1. The maximum atomic E-state index is 12.1. The smallest absolute Gasteiger partial charge is 0.307 e. The monoisotopic (exact) mass is 253 g/mol. The second kappa shape index (κ2) is 4.90. The molecule has 102 valence electrons. The molecule has 2 fully saturated rings. The Morgan fingerprint density at radius 1 is 1.22 bits per heavy atom. The molecule has 2 aliphatic carbocycles. The summed E-state index contributed by atoms with van der Waals surface area (Å²) < 4.78 is 0. The highest BCUT2D eigenvalue weighted by atomic mass is 16.4. The van der Waals surface area contributed by atoms with Crippen molar-refractivity contribution >= 4 is 11.9 Å². The Kier molecular flexibility index (Phi) is 3.64. The number of nitrogens with one attached hydrogen (secondary N) is 1. The van der Waals surface area contributed by atoms with E-state index in [2.05, 4.69) is 19.2 Å². The SMILES string of the molecule is CC1(C)CC1CNC(=O)C1CCCCC1C(=O)O. The average Bonchev–Trinajstić information content (AvgIpc) is 2.94. The summed E-state index contributed by atoms with van der Waals surface area (Å²) >= 11 is 0. The number of carboxylic acids is 1. The Balaban J connectivity index is 1.85. The first-order valence-corrected chi connectivity index (χ1v) is 6.92. The molecule has 18 heavy (non-hydrogen) atoms. The van der Waals surface area contributed by atoms with Crippen LogP contribution in [0.3, 0.4) is 0 Å². The maximum Gasteiger partial charge on any atom is 0.307 e. The highest BCUT2D eigenvalue weighted by molar-refractivity contribution is 5.84. The van der Waals surface area contributed by atoms with Crippen molar-refractivity contribution in [1.29, 1.82) is 0 Å². The normalized spacial score (nSPS) is 33.8. The molecule has 3 atom stereocenters. The molecule has 0 aromatic carbocycles. The molecule has 0 radical (unpaired) electrons. The zero-order valence-electron chi connectivity index (χ0n) is 11.2. The van der Waals surface area contributed by atoms with Gasteiger partial charge in [0.1, 0.15) is 0 Å². The van der Waals surface area contributed by atoms with Gasteiger partial charge in [0.15, 0.2) is 0 Å². The van der Waals surface area contributed by atoms with Crippen molar-refractivity contribution in [2.75, 3.05) is 6.54 Å². The zero-order chi connectivity index (χ0) is 13.3. The molecule has 4 nitrogen and oxygen atoms in total. The van der Waals surface area contributed by atoms with Gasteiger partial charge < -0.3 is 10.4 Å². The third-order valence-corrected chi connectivity index (χ3v) is 4.66. The second-order valence-electron chi connectivity index (χ2n) is 6.47. The fourth-order valence-electron chi connectivity index (χ4n) is 3.02. The van der Waals surface area contributed by atoms with Crippen molar-refractivity contribution < 1.29 is 14.7 Å². The Morgan fingerprint density at radius 3 is 2.28 bits per heavy atom. The fourth-order valence-corrected chi connectivity index (χ4v) is 3.02. The van der Waals surface area contributed by atoms with Gasteiger partial charge in [0.25, 0.3) is 0 Å². The van der Waals surface area contributed by atoms with Crippen LogP contribution in [-0.2, 0) is 9.59 Å². The van der Waals surface area contributed by atoms with Crippen molar-refractivity contribution in [3.63, 3.8) is 0 Å². The quantitative estimate of drug-likeness (QED) is 0.805. The molecule has 0 aromatic heterocycles. The first-order chi connectivity index (χ1) is 8.42. The summed E-state index contributed by atoms with van der Waals surface area (Å²) in [5.74, 6) is -1.11. The van der Waals surface area contributed by atoms with E-state index in [1.165, 1.54) is 0 Å². The van der Waals surface area contributed by atoms with Gasteiger partial charge in [0, 0.05) is 6.54 Å². The first-order valence-electron chi connectivity index (χ1n) is 6.92. The molecule has 2 N–H and O–H groups in total. The minimum Gasteiger partial charge on any atom is -0.481 e. The number of hydrogen-bond donors (Lipinski definition) is 2. The number of aliphatic carboxylic acids is 1. The fraction of sp³-hybridized carbons (Fsp3) is 0.857. The van der Waals surface area contributed by atoms with E-state index in [1.807, 2.05) is 0 Å². The van der Waals surface area contributed by atoms with Crippen molar-refractivity contribution in [2.45, 2.75) is 46.0 Å². The van der Waals surface area contributed by atoms with Crippen LogP contribution in [-0.4, -0.2) is 23.5 Å². The Bertz CT molecular complexity index is 351. The number of carbonyl (C=O) groups excluding carboxylic acids is 1. The van der Waals surface area contributed by atoms with Crippen LogP contribution in [0.2, 0.25) is 0 Å². The third-order valence-electron chi connectivity index (χ3n) is 4.66. The Hall–Kier alpha value is -1.06. The highest BCUT2D eigenvalue weighted by Gasteiger charge is 2.45. The van der Waals surface area contributed by atoms with E-state index in [0.717, 1.165) is 25.7 Å². The molecule has 0 saturated heterocycles. The summed E-state index contributed by atoms with van der Waals surface area (Å²) in [6.07, 6.45) is 4.41. The van der Waals surface area contributed by atoms with Crippen molar-refractivity contribution in [3.8, 4) is 0 Å². The summed E-state index contributed by atoms with van der Waals surface area (Å²) in [5, 5.41) is 12.1. The summed E-state index contributed by atoms with van der Waals surface area (Å²) in [6.45, 7) is 5.10. The van der Waals surface area contributed by atoms with Crippen LogP contribution in [0.1, 0.15) is 46.0 Å². The maximum absolute atomic E-state index is 12.1. The Labute approximate surface area is 108 Å². The van der Waals surface area contributed by atoms with E-state index in [-0.39, 0.29) is 11.8 Å². The molecular weight excluding hydrogens is 230 g/mol. The molecule has 0 heterocycles.